The minimum atomic E-state index is -3.80. The first-order valence-electron chi connectivity index (χ1n) is 10.6. The lowest BCUT2D eigenvalue weighted by atomic mass is 9.89. The van der Waals surface area contributed by atoms with E-state index in [1.165, 1.54) is 23.1 Å². The van der Waals surface area contributed by atoms with Gasteiger partial charge in [-0.25, -0.2) is 13.6 Å². The van der Waals surface area contributed by atoms with Crippen LogP contribution in [0.1, 0.15) is 30.7 Å². The topological polar surface area (TPSA) is 118 Å². The summed E-state index contributed by atoms with van der Waals surface area (Å²) in [6.45, 7) is 2.51. The molecule has 0 unspecified atom stereocenters. The number of carbonyl (C=O) groups is 1. The number of carbonyl (C=O) groups excluding carboxylic acids is 1. The molecule has 170 valence electrons. The Bertz CT molecular complexity index is 1210. The molecule has 1 aromatic heterocycles. The number of H-pyrrole nitrogens is 1. The third-order valence-corrected chi connectivity index (χ3v) is 6.96. The van der Waals surface area contributed by atoms with E-state index in [2.05, 4.69) is 27.5 Å². The van der Waals surface area contributed by atoms with Crippen molar-refractivity contribution in [1.29, 1.82) is 0 Å². The van der Waals surface area contributed by atoms with Crippen LogP contribution in [-0.2, 0) is 14.8 Å². The highest BCUT2D eigenvalue weighted by molar-refractivity contribution is 7.89. The molecule has 1 aliphatic heterocycles. The molecule has 1 aliphatic rings. The highest BCUT2D eigenvalue weighted by atomic mass is 32.2. The van der Waals surface area contributed by atoms with Gasteiger partial charge < -0.3 is 19.9 Å². The molecule has 0 bridgehead atoms. The van der Waals surface area contributed by atoms with Gasteiger partial charge in [-0.2, -0.15) is 0 Å². The second-order valence-corrected chi connectivity index (χ2v) is 9.70. The van der Waals surface area contributed by atoms with Crippen LogP contribution in [0.25, 0.3) is 10.9 Å². The average Bonchev–Trinajstić information content (AvgIpc) is 3.21. The standard InChI is InChI=1S/C23H28N4O4S/c1-31-18-5-6-22-20(14-18)21(15-25-22)16-7-10-27(11-8-16)12-9-23(28)26-17-3-2-4-19(13-17)32(24,29)30/h2-6,13-16,25H,7-12H2,1H3,(H,26,28)(H2,24,29,30). The van der Waals surface area contributed by atoms with Gasteiger partial charge in [0.2, 0.25) is 15.9 Å². The number of amides is 1. The predicted octanol–water partition coefficient (Wildman–Crippen LogP) is 3.03. The number of sulfonamides is 1. The zero-order chi connectivity index (χ0) is 22.7. The van der Waals surface area contributed by atoms with Crippen LogP contribution in [0.4, 0.5) is 5.69 Å². The quantitative estimate of drug-likeness (QED) is 0.505. The summed E-state index contributed by atoms with van der Waals surface area (Å²) < 4.78 is 28.3. The Labute approximate surface area is 187 Å². The Balaban J connectivity index is 1.29. The molecular formula is C23H28N4O4S. The molecule has 2 heterocycles. The third kappa shape index (κ3) is 5.12. The fourth-order valence-electron chi connectivity index (χ4n) is 4.29. The van der Waals surface area contributed by atoms with Crippen molar-refractivity contribution in [2.45, 2.75) is 30.1 Å². The molecule has 2 aromatic carbocycles. The third-order valence-electron chi connectivity index (χ3n) is 6.05. The zero-order valence-corrected chi connectivity index (χ0v) is 18.8. The average molecular weight is 457 g/mol. The van der Waals surface area contributed by atoms with Crippen molar-refractivity contribution in [2.24, 2.45) is 5.14 Å². The fraction of sp³-hybridized carbons (Fsp3) is 0.348. The maximum absolute atomic E-state index is 12.3. The van der Waals surface area contributed by atoms with Crippen molar-refractivity contribution in [2.75, 3.05) is 32.1 Å². The maximum atomic E-state index is 12.3. The summed E-state index contributed by atoms with van der Waals surface area (Å²) in [5.41, 5.74) is 2.87. The lowest BCUT2D eigenvalue weighted by molar-refractivity contribution is -0.116. The summed E-state index contributed by atoms with van der Waals surface area (Å²) in [6.07, 6.45) is 4.51. The Morgan fingerprint density at radius 3 is 2.72 bits per heavy atom. The summed E-state index contributed by atoms with van der Waals surface area (Å²) in [7, 11) is -2.12. The first-order chi connectivity index (χ1) is 15.3. The Morgan fingerprint density at radius 2 is 2.00 bits per heavy atom. The first kappa shape index (κ1) is 22.3. The number of rotatable bonds is 7. The van der Waals surface area contributed by atoms with Gasteiger partial charge >= 0.3 is 0 Å². The summed E-state index contributed by atoms with van der Waals surface area (Å²) in [4.78, 5) is 18.0. The number of primary sulfonamides is 1. The highest BCUT2D eigenvalue weighted by Crippen LogP contribution is 2.34. The number of nitrogens with two attached hydrogens (primary N) is 1. The van der Waals surface area contributed by atoms with E-state index in [4.69, 9.17) is 9.88 Å². The number of hydrogen-bond acceptors (Lipinski definition) is 5. The molecule has 0 radical (unpaired) electrons. The maximum Gasteiger partial charge on any atom is 0.238 e. The number of ether oxygens (including phenoxy) is 1. The number of fused-ring (bicyclic) bond motifs is 1. The molecule has 4 N–H and O–H groups in total. The van der Waals surface area contributed by atoms with E-state index in [0.29, 0.717) is 24.6 Å². The number of hydrogen-bond donors (Lipinski definition) is 3. The van der Waals surface area contributed by atoms with Crippen LogP contribution in [0, 0.1) is 0 Å². The van der Waals surface area contributed by atoms with Crippen LogP contribution in [0.15, 0.2) is 53.6 Å². The molecule has 1 amide bonds. The number of nitrogens with one attached hydrogen (secondary N) is 2. The number of benzene rings is 2. The van der Waals surface area contributed by atoms with Gasteiger partial charge in [-0.1, -0.05) is 6.07 Å². The van der Waals surface area contributed by atoms with Crippen molar-refractivity contribution in [3.63, 3.8) is 0 Å². The van der Waals surface area contributed by atoms with Crippen molar-refractivity contribution < 1.29 is 17.9 Å². The number of anilines is 1. The van der Waals surface area contributed by atoms with E-state index in [-0.39, 0.29) is 10.8 Å². The minimum Gasteiger partial charge on any atom is -0.497 e. The minimum absolute atomic E-state index is 0.0210. The zero-order valence-electron chi connectivity index (χ0n) is 18.0. The second kappa shape index (κ2) is 9.32. The smallest absolute Gasteiger partial charge is 0.238 e. The van der Waals surface area contributed by atoms with Crippen LogP contribution < -0.4 is 15.2 Å². The summed E-state index contributed by atoms with van der Waals surface area (Å²) in [5.74, 6) is 1.18. The van der Waals surface area contributed by atoms with Gasteiger partial charge in [0.1, 0.15) is 5.75 Å². The van der Waals surface area contributed by atoms with E-state index in [0.717, 1.165) is 37.2 Å². The number of piperidine rings is 1. The van der Waals surface area contributed by atoms with Gasteiger partial charge in [0.15, 0.2) is 0 Å². The number of likely N-dealkylation sites (tertiary alicyclic amines) is 1. The lowest BCUT2D eigenvalue weighted by Gasteiger charge is -2.31. The summed E-state index contributed by atoms with van der Waals surface area (Å²) >= 11 is 0. The summed E-state index contributed by atoms with van der Waals surface area (Å²) in [5, 5.41) is 9.12. The van der Waals surface area contributed by atoms with Crippen LogP contribution >= 0.6 is 0 Å². The number of methoxy groups -OCH3 is 1. The largest absolute Gasteiger partial charge is 0.497 e. The van der Waals surface area contributed by atoms with E-state index in [1.807, 2.05) is 12.1 Å². The van der Waals surface area contributed by atoms with Crippen molar-refractivity contribution >= 4 is 32.5 Å². The van der Waals surface area contributed by atoms with Crippen molar-refractivity contribution in [3.05, 3.63) is 54.2 Å². The Hall–Kier alpha value is -2.88. The molecule has 4 rings (SSSR count). The number of nitrogens with zero attached hydrogens (tertiary/aromatic N) is 1. The van der Waals surface area contributed by atoms with Gasteiger partial charge in [0, 0.05) is 35.8 Å². The van der Waals surface area contributed by atoms with Crippen LogP contribution in [0.5, 0.6) is 5.75 Å². The van der Waals surface area contributed by atoms with Crippen LogP contribution in [-0.4, -0.2) is 51.0 Å². The molecule has 1 saturated heterocycles. The number of aromatic amines is 1. The van der Waals surface area contributed by atoms with E-state index in [9.17, 15) is 13.2 Å². The summed E-state index contributed by atoms with van der Waals surface area (Å²) in [6, 6.07) is 12.1. The Morgan fingerprint density at radius 1 is 1.22 bits per heavy atom. The molecule has 32 heavy (non-hydrogen) atoms. The lowest BCUT2D eigenvalue weighted by Crippen LogP contribution is -2.35. The van der Waals surface area contributed by atoms with Gasteiger partial charge in [-0.3, -0.25) is 4.79 Å². The normalized spacial score (nSPS) is 15.7. The Kier molecular flexibility index (Phi) is 6.50. The highest BCUT2D eigenvalue weighted by Gasteiger charge is 2.23. The van der Waals surface area contributed by atoms with E-state index >= 15 is 0 Å². The van der Waals surface area contributed by atoms with Gasteiger partial charge in [0.05, 0.1) is 12.0 Å². The van der Waals surface area contributed by atoms with E-state index in [1.54, 1.807) is 19.2 Å². The molecule has 0 spiro atoms. The molecular weight excluding hydrogens is 428 g/mol. The van der Waals surface area contributed by atoms with Gasteiger partial charge in [-0.05, 0) is 73.8 Å². The predicted molar refractivity (Wildman–Crippen MR) is 124 cm³/mol. The number of aromatic nitrogens is 1. The monoisotopic (exact) mass is 456 g/mol. The molecule has 8 nitrogen and oxygen atoms in total. The van der Waals surface area contributed by atoms with E-state index < -0.39 is 10.0 Å². The molecule has 3 aromatic rings. The van der Waals surface area contributed by atoms with Crippen LogP contribution in [0.2, 0.25) is 0 Å². The SMILES string of the molecule is COc1ccc2[nH]cc(C3CCN(CCC(=O)Nc4cccc(S(N)(=O)=O)c4)CC3)c2c1. The van der Waals surface area contributed by atoms with Crippen molar-refractivity contribution in [3.8, 4) is 5.75 Å². The van der Waals surface area contributed by atoms with Gasteiger partial charge in [-0.15, -0.1) is 0 Å². The van der Waals surface area contributed by atoms with Crippen LogP contribution in [0.3, 0.4) is 0 Å². The molecule has 9 heteroatoms. The molecule has 0 atom stereocenters. The molecule has 0 saturated carbocycles. The molecule has 1 fully saturated rings. The first-order valence-corrected chi connectivity index (χ1v) is 12.2. The van der Waals surface area contributed by atoms with Gasteiger partial charge in [0.25, 0.3) is 0 Å². The fourth-order valence-corrected chi connectivity index (χ4v) is 4.85. The van der Waals surface area contributed by atoms with Crippen molar-refractivity contribution in [1.82, 2.24) is 9.88 Å². The second-order valence-electron chi connectivity index (χ2n) is 8.14. The molecule has 0 aliphatic carbocycles.